The molecule has 150 valence electrons. The van der Waals surface area contributed by atoms with E-state index in [9.17, 15) is 9.59 Å². The number of piperidine rings is 1. The molecule has 0 unspecified atom stereocenters. The van der Waals surface area contributed by atoms with Crippen molar-refractivity contribution < 1.29 is 18.7 Å². The van der Waals surface area contributed by atoms with Crippen molar-refractivity contribution >= 4 is 33.0 Å². The Bertz CT molecular complexity index is 949. The molecule has 0 radical (unpaired) electrons. The Hall–Kier alpha value is -2.02. The number of fused-ring (bicyclic) bond motifs is 3. The van der Waals surface area contributed by atoms with Crippen molar-refractivity contribution in [3.8, 4) is 5.75 Å². The molecule has 3 heterocycles. The van der Waals surface area contributed by atoms with Gasteiger partial charge in [0, 0.05) is 36.4 Å². The van der Waals surface area contributed by atoms with Crippen LogP contribution in [0.5, 0.6) is 5.75 Å². The van der Waals surface area contributed by atoms with Crippen molar-refractivity contribution in [2.75, 3.05) is 0 Å². The fraction of sp³-hybridized carbons (Fsp3) is 0.524. The van der Waals surface area contributed by atoms with Gasteiger partial charge in [-0.15, -0.1) is 0 Å². The van der Waals surface area contributed by atoms with Crippen LogP contribution in [-0.4, -0.2) is 34.8 Å². The summed E-state index contributed by atoms with van der Waals surface area (Å²) in [5.41, 5.74) is -0.401. The third-order valence-electron chi connectivity index (χ3n) is 5.26. The van der Waals surface area contributed by atoms with E-state index in [1.54, 1.807) is 12.1 Å². The van der Waals surface area contributed by atoms with Crippen LogP contribution in [0.25, 0.3) is 11.0 Å². The fourth-order valence-electron chi connectivity index (χ4n) is 4.17. The Morgan fingerprint density at radius 2 is 1.86 bits per heavy atom. The highest BCUT2D eigenvalue weighted by Gasteiger charge is 2.45. The molecule has 2 aromatic rings. The number of hydrogen-bond acceptors (Lipinski definition) is 5. The number of ether oxygens (including phenoxy) is 2. The van der Waals surface area contributed by atoms with Crippen LogP contribution in [0.4, 0.5) is 4.79 Å². The van der Waals surface area contributed by atoms with Gasteiger partial charge in [-0.1, -0.05) is 0 Å². The van der Waals surface area contributed by atoms with E-state index in [1.807, 2.05) is 37.8 Å². The number of halogens is 1. The van der Waals surface area contributed by atoms with Crippen molar-refractivity contribution in [2.24, 2.45) is 0 Å². The molecule has 1 aromatic heterocycles. The van der Waals surface area contributed by atoms with Gasteiger partial charge in [0.1, 0.15) is 27.5 Å². The van der Waals surface area contributed by atoms with Crippen LogP contribution in [-0.2, 0) is 4.74 Å². The molecule has 2 bridgehead atoms. The summed E-state index contributed by atoms with van der Waals surface area (Å²) in [6.45, 7) is 5.66. The molecule has 0 N–H and O–H groups in total. The van der Waals surface area contributed by atoms with Gasteiger partial charge in [0.25, 0.3) is 0 Å². The lowest BCUT2D eigenvalue weighted by Gasteiger charge is -2.39. The lowest BCUT2D eigenvalue weighted by atomic mass is 10.00. The number of hydrogen-bond donors (Lipinski definition) is 0. The van der Waals surface area contributed by atoms with Gasteiger partial charge in [-0.25, -0.2) is 9.59 Å². The summed E-state index contributed by atoms with van der Waals surface area (Å²) in [6, 6.07) is 7.55. The van der Waals surface area contributed by atoms with Crippen LogP contribution in [0, 0.1) is 0 Å². The van der Waals surface area contributed by atoms with Crippen LogP contribution < -0.4 is 10.4 Å². The molecule has 2 aliphatic rings. The number of carbonyl (C=O) groups is 1. The van der Waals surface area contributed by atoms with E-state index in [2.05, 4.69) is 15.9 Å². The van der Waals surface area contributed by atoms with E-state index in [0.29, 0.717) is 15.8 Å². The van der Waals surface area contributed by atoms with Crippen LogP contribution in [0.3, 0.4) is 0 Å². The summed E-state index contributed by atoms with van der Waals surface area (Å²) in [5, 5.41) is 0.832. The van der Waals surface area contributed by atoms with E-state index in [4.69, 9.17) is 13.9 Å². The van der Waals surface area contributed by atoms with E-state index in [0.717, 1.165) is 31.1 Å². The topological polar surface area (TPSA) is 69.0 Å². The molecule has 6 nitrogen and oxygen atoms in total. The third kappa shape index (κ3) is 3.90. The molecule has 0 aliphatic carbocycles. The van der Waals surface area contributed by atoms with Crippen LogP contribution >= 0.6 is 15.9 Å². The fourth-order valence-corrected chi connectivity index (χ4v) is 4.50. The molecular weight excluding hydrogens is 426 g/mol. The van der Waals surface area contributed by atoms with Gasteiger partial charge < -0.3 is 18.8 Å². The molecule has 28 heavy (non-hydrogen) atoms. The molecule has 4 rings (SSSR count). The number of benzene rings is 1. The van der Waals surface area contributed by atoms with Crippen LogP contribution in [0.15, 0.2) is 37.9 Å². The molecule has 7 heteroatoms. The second-order valence-electron chi connectivity index (χ2n) is 8.57. The van der Waals surface area contributed by atoms with Gasteiger partial charge in [-0.3, -0.25) is 0 Å². The van der Waals surface area contributed by atoms with Crippen molar-refractivity contribution in [3.05, 3.63) is 39.2 Å². The van der Waals surface area contributed by atoms with Gasteiger partial charge >= 0.3 is 11.7 Å². The first kappa shape index (κ1) is 19.3. The largest absolute Gasteiger partial charge is 0.490 e. The van der Waals surface area contributed by atoms with Gasteiger partial charge in [0.15, 0.2) is 0 Å². The van der Waals surface area contributed by atoms with E-state index in [1.165, 1.54) is 0 Å². The molecular formula is C21H24BrNO5. The highest BCUT2D eigenvalue weighted by atomic mass is 79.9. The molecule has 0 spiro atoms. The maximum absolute atomic E-state index is 12.6. The minimum absolute atomic E-state index is 0.0239. The van der Waals surface area contributed by atoms with Crippen LogP contribution in [0.1, 0.15) is 46.5 Å². The Kier molecular flexibility index (Phi) is 4.89. The average molecular weight is 450 g/mol. The summed E-state index contributed by atoms with van der Waals surface area (Å²) in [6.07, 6.45) is 3.30. The number of carbonyl (C=O) groups excluding carboxylic acids is 1. The van der Waals surface area contributed by atoms with E-state index < -0.39 is 11.2 Å². The normalized spacial score (nSPS) is 24.4. The highest BCUT2D eigenvalue weighted by molar-refractivity contribution is 9.10. The maximum Gasteiger partial charge on any atom is 0.410 e. The van der Waals surface area contributed by atoms with Crippen LogP contribution in [0.2, 0.25) is 0 Å². The third-order valence-corrected chi connectivity index (χ3v) is 5.81. The Morgan fingerprint density at radius 1 is 1.18 bits per heavy atom. The zero-order valence-electron chi connectivity index (χ0n) is 16.2. The van der Waals surface area contributed by atoms with Gasteiger partial charge in [0.2, 0.25) is 0 Å². The lowest BCUT2D eigenvalue weighted by Crippen LogP contribution is -2.50. The molecule has 1 aromatic carbocycles. The quantitative estimate of drug-likeness (QED) is 0.611. The standard InChI is InChI=1S/C21H24BrNO5/c1-21(2,3)28-20(25)23-13-5-6-14(23)10-16(9-13)26-15-7-4-12-8-17(22)19(24)27-18(12)11-15/h4,7-8,11,13-14,16H,5-6,9-10H2,1-3H3/t13-,14+,16-. The van der Waals surface area contributed by atoms with E-state index in [-0.39, 0.29) is 24.3 Å². The minimum atomic E-state index is -0.492. The smallest absolute Gasteiger partial charge is 0.410 e. The SMILES string of the molecule is CC(C)(C)OC(=O)N1[C@@H]2CC[C@H]1C[C@H](Oc1ccc3cc(Br)c(=O)oc3c1)C2. The van der Waals surface area contributed by atoms with Crippen molar-refractivity contribution in [1.29, 1.82) is 0 Å². The highest BCUT2D eigenvalue weighted by Crippen LogP contribution is 2.38. The number of nitrogens with zero attached hydrogens (tertiary/aromatic N) is 1. The van der Waals surface area contributed by atoms with Gasteiger partial charge in [-0.05, 0) is 67.7 Å². The first-order valence-electron chi connectivity index (χ1n) is 9.61. The maximum atomic E-state index is 12.6. The van der Waals surface area contributed by atoms with Crippen molar-refractivity contribution in [3.63, 3.8) is 0 Å². The molecule has 2 fully saturated rings. The zero-order chi connectivity index (χ0) is 20.1. The lowest BCUT2D eigenvalue weighted by molar-refractivity contribution is -0.00705. The summed E-state index contributed by atoms with van der Waals surface area (Å²) >= 11 is 3.19. The molecule has 2 aliphatic heterocycles. The minimum Gasteiger partial charge on any atom is -0.490 e. The Morgan fingerprint density at radius 3 is 2.50 bits per heavy atom. The molecule has 0 saturated carbocycles. The van der Waals surface area contributed by atoms with Crippen molar-refractivity contribution in [1.82, 2.24) is 4.90 Å². The van der Waals surface area contributed by atoms with E-state index >= 15 is 0 Å². The molecule has 1 amide bonds. The second kappa shape index (κ2) is 7.10. The average Bonchev–Trinajstić information content (AvgIpc) is 2.86. The first-order chi connectivity index (χ1) is 13.2. The Balaban J connectivity index is 1.47. The predicted molar refractivity (Wildman–Crippen MR) is 109 cm³/mol. The Labute approximate surface area is 171 Å². The summed E-state index contributed by atoms with van der Waals surface area (Å²) in [5.74, 6) is 0.674. The van der Waals surface area contributed by atoms with Gasteiger partial charge in [0.05, 0.1) is 0 Å². The predicted octanol–water partition coefficient (Wildman–Crippen LogP) is 4.86. The summed E-state index contributed by atoms with van der Waals surface area (Å²) < 4.78 is 17.5. The zero-order valence-corrected chi connectivity index (χ0v) is 17.8. The monoisotopic (exact) mass is 449 g/mol. The number of rotatable bonds is 2. The van der Waals surface area contributed by atoms with Gasteiger partial charge in [-0.2, -0.15) is 0 Å². The molecule has 3 atom stereocenters. The summed E-state index contributed by atoms with van der Waals surface area (Å²) in [7, 11) is 0. The first-order valence-corrected chi connectivity index (χ1v) is 10.4. The second-order valence-corrected chi connectivity index (χ2v) is 9.42. The van der Waals surface area contributed by atoms with Crippen molar-refractivity contribution in [2.45, 2.75) is 70.2 Å². The summed E-state index contributed by atoms with van der Waals surface area (Å²) in [4.78, 5) is 26.2. The number of amides is 1. The molecule has 2 saturated heterocycles.